The van der Waals surface area contributed by atoms with Crippen LogP contribution in [0.3, 0.4) is 0 Å². The van der Waals surface area contributed by atoms with Gasteiger partial charge >= 0.3 is 0 Å². The molecule has 0 spiro atoms. The minimum Gasteiger partial charge on any atom is -0.389 e. The zero-order chi connectivity index (χ0) is 18.9. The standard InChI is InChI=1S/C21H27N3O3/c1-15-14-24(11-9-21(15,26)18-7-12-27-13-8-18)20(25)17-4-2-16(3-5-17)19-6-10-22-23-19/h2-6,10,15,18,26H,7-9,11-14H2,1H3,(H,22,23)/t15-,21+/m1/s1. The van der Waals surface area contributed by atoms with Crippen molar-refractivity contribution in [2.45, 2.75) is 31.8 Å². The van der Waals surface area contributed by atoms with E-state index in [1.54, 1.807) is 6.20 Å². The first-order chi connectivity index (χ1) is 13.1. The van der Waals surface area contributed by atoms with E-state index >= 15 is 0 Å². The lowest BCUT2D eigenvalue weighted by molar-refractivity contribution is -0.125. The van der Waals surface area contributed by atoms with Crippen LogP contribution in [0.4, 0.5) is 0 Å². The number of aliphatic hydroxyl groups is 1. The molecule has 2 aliphatic heterocycles. The number of carbonyl (C=O) groups excluding carboxylic acids is 1. The summed E-state index contributed by atoms with van der Waals surface area (Å²) in [5.41, 5.74) is 1.93. The van der Waals surface area contributed by atoms with Crippen LogP contribution in [0.2, 0.25) is 0 Å². The molecule has 0 bridgehead atoms. The third-order valence-electron chi connectivity index (χ3n) is 6.29. The van der Waals surface area contributed by atoms with E-state index in [1.165, 1.54) is 0 Å². The second-order valence-electron chi connectivity index (χ2n) is 7.83. The van der Waals surface area contributed by atoms with Gasteiger partial charge in [-0.3, -0.25) is 9.89 Å². The number of amides is 1. The van der Waals surface area contributed by atoms with Crippen molar-refractivity contribution in [2.75, 3.05) is 26.3 Å². The number of nitrogens with one attached hydrogen (secondary N) is 1. The van der Waals surface area contributed by atoms with Gasteiger partial charge in [0.2, 0.25) is 0 Å². The van der Waals surface area contributed by atoms with Crippen LogP contribution in [0.1, 0.15) is 36.5 Å². The van der Waals surface area contributed by atoms with Crippen LogP contribution in [0.5, 0.6) is 0 Å². The van der Waals surface area contributed by atoms with Crippen molar-refractivity contribution in [2.24, 2.45) is 11.8 Å². The van der Waals surface area contributed by atoms with Gasteiger partial charge in [-0.25, -0.2) is 0 Å². The van der Waals surface area contributed by atoms with Crippen LogP contribution in [0, 0.1) is 11.8 Å². The Morgan fingerprint density at radius 3 is 2.63 bits per heavy atom. The van der Waals surface area contributed by atoms with Gasteiger partial charge in [0.05, 0.1) is 11.3 Å². The summed E-state index contributed by atoms with van der Waals surface area (Å²) in [6, 6.07) is 9.50. The van der Waals surface area contributed by atoms with Gasteiger partial charge in [-0.2, -0.15) is 5.10 Å². The maximum Gasteiger partial charge on any atom is 0.253 e. The lowest BCUT2D eigenvalue weighted by Crippen LogP contribution is -2.56. The number of piperidine rings is 1. The maximum atomic E-state index is 12.9. The molecule has 0 radical (unpaired) electrons. The summed E-state index contributed by atoms with van der Waals surface area (Å²) >= 11 is 0. The van der Waals surface area contributed by atoms with Crippen LogP contribution in [-0.2, 0) is 4.74 Å². The number of nitrogens with zero attached hydrogens (tertiary/aromatic N) is 2. The fraction of sp³-hybridized carbons (Fsp3) is 0.524. The molecule has 2 fully saturated rings. The Labute approximate surface area is 159 Å². The van der Waals surface area contributed by atoms with Crippen LogP contribution in [0.15, 0.2) is 36.5 Å². The molecular weight excluding hydrogens is 342 g/mol. The monoisotopic (exact) mass is 369 g/mol. The van der Waals surface area contributed by atoms with E-state index in [2.05, 4.69) is 17.1 Å². The van der Waals surface area contributed by atoms with Gasteiger partial charge < -0.3 is 14.7 Å². The molecule has 3 heterocycles. The predicted octanol–water partition coefficient (Wildman–Crippen LogP) is 2.72. The SMILES string of the molecule is C[C@@H]1CN(C(=O)c2ccc(-c3ccn[nH]3)cc2)CC[C@@]1(O)C1CCOCC1. The summed E-state index contributed by atoms with van der Waals surface area (Å²) in [6.45, 7) is 4.71. The molecule has 1 aromatic carbocycles. The number of ether oxygens (including phenoxy) is 1. The molecule has 2 aliphatic rings. The van der Waals surface area contributed by atoms with E-state index in [9.17, 15) is 9.90 Å². The number of H-pyrrole nitrogens is 1. The fourth-order valence-corrected chi connectivity index (χ4v) is 4.52. The van der Waals surface area contributed by atoms with Crippen molar-refractivity contribution in [1.29, 1.82) is 0 Å². The summed E-state index contributed by atoms with van der Waals surface area (Å²) in [7, 11) is 0. The molecule has 0 aliphatic carbocycles. The Balaban J connectivity index is 1.43. The predicted molar refractivity (Wildman–Crippen MR) is 102 cm³/mol. The highest BCUT2D eigenvalue weighted by atomic mass is 16.5. The van der Waals surface area contributed by atoms with E-state index in [-0.39, 0.29) is 17.7 Å². The Morgan fingerprint density at radius 2 is 2.00 bits per heavy atom. The van der Waals surface area contributed by atoms with Gasteiger partial charge in [0.25, 0.3) is 5.91 Å². The molecule has 144 valence electrons. The number of aromatic amines is 1. The molecule has 2 aromatic rings. The van der Waals surface area contributed by atoms with Gasteiger partial charge in [0.1, 0.15) is 0 Å². The Bertz CT molecular complexity index is 768. The molecule has 1 amide bonds. The maximum absolute atomic E-state index is 12.9. The summed E-state index contributed by atoms with van der Waals surface area (Å²) < 4.78 is 5.44. The highest BCUT2D eigenvalue weighted by molar-refractivity contribution is 5.94. The van der Waals surface area contributed by atoms with Gasteiger partial charge in [0, 0.05) is 44.0 Å². The molecule has 0 saturated carbocycles. The average molecular weight is 369 g/mol. The molecule has 6 nitrogen and oxygen atoms in total. The fourth-order valence-electron chi connectivity index (χ4n) is 4.52. The second kappa shape index (κ2) is 7.44. The van der Waals surface area contributed by atoms with E-state index in [1.807, 2.05) is 35.2 Å². The van der Waals surface area contributed by atoms with E-state index in [0.717, 1.165) is 37.3 Å². The lowest BCUT2D eigenvalue weighted by atomic mass is 9.70. The van der Waals surface area contributed by atoms with Gasteiger partial charge in [-0.05, 0) is 48.9 Å². The minimum absolute atomic E-state index is 0.0343. The van der Waals surface area contributed by atoms with Crippen LogP contribution in [-0.4, -0.2) is 58.0 Å². The Morgan fingerprint density at radius 1 is 1.26 bits per heavy atom. The molecule has 6 heteroatoms. The lowest BCUT2D eigenvalue weighted by Gasteiger charge is -2.48. The Kier molecular flexibility index (Phi) is 5.02. The molecule has 27 heavy (non-hydrogen) atoms. The van der Waals surface area contributed by atoms with Crippen molar-refractivity contribution >= 4 is 5.91 Å². The summed E-state index contributed by atoms with van der Waals surface area (Å²) in [4.78, 5) is 14.8. The quantitative estimate of drug-likeness (QED) is 0.872. The van der Waals surface area contributed by atoms with Crippen molar-refractivity contribution in [3.05, 3.63) is 42.1 Å². The molecule has 2 atom stereocenters. The van der Waals surface area contributed by atoms with Crippen LogP contribution in [0.25, 0.3) is 11.3 Å². The van der Waals surface area contributed by atoms with Crippen LogP contribution < -0.4 is 0 Å². The summed E-state index contributed by atoms with van der Waals surface area (Å²) in [5.74, 6) is 0.363. The number of benzene rings is 1. The molecular formula is C21H27N3O3. The number of aromatic nitrogens is 2. The molecule has 1 aromatic heterocycles. The number of hydrogen-bond donors (Lipinski definition) is 2. The zero-order valence-electron chi connectivity index (χ0n) is 15.7. The largest absolute Gasteiger partial charge is 0.389 e. The number of likely N-dealkylation sites (tertiary alicyclic amines) is 1. The van der Waals surface area contributed by atoms with Crippen molar-refractivity contribution in [3.63, 3.8) is 0 Å². The van der Waals surface area contributed by atoms with E-state index in [0.29, 0.717) is 25.1 Å². The first-order valence-corrected chi connectivity index (χ1v) is 9.77. The molecule has 2 N–H and O–H groups in total. The number of carbonyl (C=O) groups is 1. The smallest absolute Gasteiger partial charge is 0.253 e. The third kappa shape index (κ3) is 3.51. The van der Waals surface area contributed by atoms with Crippen LogP contribution >= 0.6 is 0 Å². The number of rotatable bonds is 3. The average Bonchev–Trinajstić information content (AvgIpc) is 3.25. The Hall–Kier alpha value is -2.18. The topological polar surface area (TPSA) is 78.5 Å². The molecule has 0 unspecified atom stereocenters. The van der Waals surface area contributed by atoms with Crippen molar-refractivity contribution in [3.8, 4) is 11.3 Å². The highest BCUT2D eigenvalue weighted by Crippen LogP contribution is 2.39. The van der Waals surface area contributed by atoms with Gasteiger partial charge in [-0.1, -0.05) is 19.1 Å². The molecule has 2 saturated heterocycles. The van der Waals surface area contributed by atoms with Gasteiger partial charge in [0.15, 0.2) is 0 Å². The second-order valence-corrected chi connectivity index (χ2v) is 7.83. The number of hydrogen-bond acceptors (Lipinski definition) is 4. The van der Waals surface area contributed by atoms with E-state index < -0.39 is 5.60 Å². The first-order valence-electron chi connectivity index (χ1n) is 9.77. The summed E-state index contributed by atoms with van der Waals surface area (Å²) in [5, 5.41) is 18.2. The highest BCUT2D eigenvalue weighted by Gasteiger charge is 2.46. The van der Waals surface area contributed by atoms with Gasteiger partial charge in [-0.15, -0.1) is 0 Å². The first kappa shape index (κ1) is 18.2. The van der Waals surface area contributed by atoms with Crippen molar-refractivity contribution < 1.29 is 14.6 Å². The van der Waals surface area contributed by atoms with Crippen molar-refractivity contribution in [1.82, 2.24) is 15.1 Å². The minimum atomic E-state index is -0.689. The van der Waals surface area contributed by atoms with E-state index in [4.69, 9.17) is 4.74 Å². The molecule has 4 rings (SSSR count). The third-order valence-corrected chi connectivity index (χ3v) is 6.29. The normalized spacial score (nSPS) is 26.9. The zero-order valence-corrected chi connectivity index (χ0v) is 15.7. The summed E-state index contributed by atoms with van der Waals surface area (Å²) in [6.07, 6.45) is 4.16.